The van der Waals surface area contributed by atoms with Crippen molar-refractivity contribution in [3.8, 4) is 0 Å². The van der Waals surface area contributed by atoms with E-state index < -0.39 is 22.0 Å². The van der Waals surface area contributed by atoms with Gasteiger partial charge in [0.2, 0.25) is 15.9 Å². The summed E-state index contributed by atoms with van der Waals surface area (Å²) in [4.78, 5) is 15.3. The second kappa shape index (κ2) is 9.45. The van der Waals surface area contributed by atoms with Gasteiger partial charge < -0.3 is 10.2 Å². The molecule has 3 rings (SSSR count). The van der Waals surface area contributed by atoms with Gasteiger partial charge in [0, 0.05) is 24.5 Å². The molecule has 6 nitrogen and oxygen atoms in total. The van der Waals surface area contributed by atoms with Gasteiger partial charge in [0.25, 0.3) is 0 Å². The first kappa shape index (κ1) is 22.7. The predicted octanol–water partition coefficient (Wildman–Crippen LogP) is 4.78. The van der Waals surface area contributed by atoms with E-state index in [1.54, 1.807) is 6.92 Å². The van der Waals surface area contributed by atoms with E-state index in [0.29, 0.717) is 16.4 Å². The molecule has 0 radical (unpaired) electrons. The lowest BCUT2D eigenvalue weighted by molar-refractivity contribution is -0.117. The molecule has 1 amide bonds. The van der Waals surface area contributed by atoms with Crippen molar-refractivity contribution in [3.05, 3.63) is 52.5 Å². The van der Waals surface area contributed by atoms with Crippen molar-refractivity contribution in [2.45, 2.75) is 32.2 Å². The van der Waals surface area contributed by atoms with Gasteiger partial charge in [-0.05, 0) is 61.7 Å². The van der Waals surface area contributed by atoms with Crippen LogP contribution >= 0.6 is 23.2 Å². The number of sulfonamides is 1. The number of hydrogen-bond donors (Lipinski definition) is 1. The van der Waals surface area contributed by atoms with E-state index in [4.69, 9.17) is 23.2 Å². The smallest absolute Gasteiger partial charge is 0.248 e. The first-order valence-corrected chi connectivity index (χ1v) is 12.4. The molecule has 0 spiro atoms. The summed E-state index contributed by atoms with van der Waals surface area (Å²) in [7, 11) is -3.75. The summed E-state index contributed by atoms with van der Waals surface area (Å²) < 4.78 is 26.2. The maximum atomic E-state index is 13.0. The molecule has 1 fully saturated rings. The van der Waals surface area contributed by atoms with Gasteiger partial charge in [0.05, 0.1) is 22.0 Å². The number of anilines is 3. The fraction of sp³-hybridized carbons (Fsp3) is 0.381. The van der Waals surface area contributed by atoms with E-state index in [-0.39, 0.29) is 11.4 Å². The largest absolute Gasteiger partial charge is 0.372 e. The second-order valence-electron chi connectivity index (χ2n) is 7.31. The van der Waals surface area contributed by atoms with Crippen LogP contribution in [-0.2, 0) is 14.8 Å². The van der Waals surface area contributed by atoms with E-state index in [9.17, 15) is 13.2 Å². The van der Waals surface area contributed by atoms with Crippen LogP contribution in [0.2, 0.25) is 10.0 Å². The summed E-state index contributed by atoms with van der Waals surface area (Å²) in [5, 5.41) is 3.36. The molecule has 0 saturated carbocycles. The summed E-state index contributed by atoms with van der Waals surface area (Å²) in [6, 6.07) is 11.2. The third-order valence-corrected chi connectivity index (χ3v) is 7.01. The SMILES string of the molecule is CCC(C(=O)Nc1ccc(N2CCCC2)cc1)N(c1ccc(Cl)c(Cl)c1)S(C)(=O)=O. The molecule has 1 aliphatic heterocycles. The number of benzene rings is 2. The van der Waals surface area contributed by atoms with Gasteiger partial charge in [-0.25, -0.2) is 8.42 Å². The number of nitrogens with one attached hydrogen (secondary N) is 1. The fourth-order valence-corrected chi connectivity index (χ4v) is 5.13. The zero-order chi connectivity index (χ0) is 21.9. The lowest BCUT2D eigenvalue weighted by atomic mass is 10.1. The minimum Gasteiger partial charge on any atom is -0.372 e. The molecular weight excluding hydrogens is 445 g/mol. The summed E-state index contributed by atoms with van der Waals surface area (Å²) in [5.41, 5.74) is 2.02. The van der Waals surface area contributed by atoms with Crippen molar-refractivity contribution in [2.75, 3.05) is 33.9 Å². The molecule has 9 heteroatoms. The molecule has 1 saturated heterocycles. The predicted molar refractivity (Wildman–Crippen MR) is 124 cm³/mol. The normalized spacial score (nSPS) is 15.1. The van der Waals surface area contributed by atoms with Crippen LogP contribution in [0, 0.1) is 0 Å². The number of carbonyl (C=O) groups excluding carboxylic acids is 1. The highest BCUT2D eigenvalue weighted by molar-refractivity contribution is 7.92. The maximum Gasteiger partial charge on any atom is 0.248 e. The van der Waals surface area contributed by atoms with Gasteiger partial charge in [-0.15, -0.1) is 0 Å². The number of hydrogen-bond acceptors (Lipinski definition) is 4. The van der Waals surface area contributed by atoms with E-state index in [2.05, 4.69) is 10.2 Å². The number of rotatable bonds is 7. The Bertz CT molecular complexity index is 1010. The Balaban J connectivity index is 1.82. The summed E-state index contributed by atoms with van der Waals surface area (Å²) in [5.74, 6) is -0.414. The van der Waals surface area contributed by atoms with Crippen LogP contribution in [0.1, 0.15) is 26.2 Å². The minimum absolute atomic E-state index is 0.218. The molecule has 1 atom stereocenters. The molecule has 162 valence electrons. The number of nitrogens with zero attached hydrogens (tertiary/aromatic N) is 2. The zero-order valence-electron chi connectivity index (χ0n) is 16.9. The first-order valence-electron chi connectivity index (χ1n) is 9.81. The molecule has 0 aromatic heterocycles. The van der Waals surface area contributed by atoms with Gasteiger partial charge in [0.15, 0.2) is 0 Å². The highest BCUT2D eigenvalue weighted by atomic mass is 35.5. The topological polar surface area (TPSA) is 69.7 Å². The van der Waals surface area contributed by atoms with Crippen molar-refractivity contribution < 1.29 is 13.2 Å². The lowest BCUT2D eigenvalue weighted by Gasteiger charge is -2.30. The van der Waals surface area contributed by atoms with Crippen molar-refractivity contribution in [1.82, 2.24) is 0 Å². The Morgan fingerprint density at radius 1 is 1.10 bits per heavy atom. The van der Waals surface area contributed by atoms with Crippen LogP contribution < -0.4 is 14.5 Å². The van der Waals surface area contributed by atoms with Crippen molar-refractivity contribution >= 4 is 56.2 Å². The Hall–Kier alpha value is -1.96. The van der Waals surface area contributed by atoms with Crippen LogP contribution in [0.3, 0.4) is 0 Å². The average molecular weight is 470 g/mol. The van der Waals surface area contributed by atoms with Crippen molar-refractivity contribution in [3.63, 3.8) is 0 Å². The summed E-state index contributed by atoms with van der Waals surface area (Å²) in [6.07, 6.45) is 3.72. The van der Waals surface area contributed by atoms with Crippen LogP contribution in [0.4, 0.5) is 17.1 Å². The number of amides is 1. The lowest BCUT2D eigenvalue weighted by Crippen LogP contribution is -2.47. The summed E-state index contributed by atoms with van der Waals surface area (Å²) >= 11 is 12.0. The Morgan fingerprint density at radius 3 is 2.27 bits per heavy atom. The highest BCUT2D eigenvalue weighted by Gasteiger charge is 2.32. The molecule has 1 unspecified atom stereocenters. The zero-order valence-corrected chi connectivity index (χ0v) is 19.3. The molecule has 0 bridgehead atoms. The van der Waals surface area contributed by atoms with Crippen molar-refractivity contribution in [1.29, 1.82) is 0 Å². The minimum atomic E-state index is -3.75. The fourth-order valence-electron chi connectivity index (χ4n) is 3.64. The van der Waals surface area contributed by atoms with E-state index >= 15 is 0 Å². The monoisotopic (exact) mass is 469 g/mol. The third kappa shape index (κ3) is 5.20. The van der Waals surface area contributed by atoms with Crippen LogP contribution in [0.5, 0.6) is 0 Å². The summed E-state index contributed by atoms with van der Waals surface area (Å²) in [6.45, 7) is 3.84. The standard InChI is InChI=1S/C21H25Cl2N3O3S/c1-3-20(26(30(2,28)29)17-10-11-18(22)19(23)14-17)21(27)24-15-6-8-16(9-7-15)25-12-4-5-13-25/h6-11,14,20H,3-5,12-13H2,1-2H3,(H,24,27). The quantitative estimate of drug-likeness (QED) is 0.633. The maximum absolute atomic E-state index is 13.0. The third-order valence-electron chi connectivity index (χ3n) is 5.09. The molecular formula is C21H25Cl2N3O3S. The number of carbonyl (C=O) groups is 1. The Kier molecular flexibility index (Phi) is 7.16. The average Bonchev–Trinajstić information content (AvgIpc) is 3.22. The van der Waals surface area contributed by atoms with Crippen LogP contribution in [-0.4, -0.2) is 39.7 Å². The van der Waals surface area contributed by atoms with Crippen LogP contribution in [0.25, 0.3) is 0 Å². The van der Waals surface area contributed by atoms with Gasteiger partial charge in [-0.2, -0.15) is 0 Å². The highest BCUT2D eigenvalue weighted by Crippen LogP contribution is 2.31. The number of halogens is 2. The second-order valence-corrected chi connectivity index (χ2v) is 9.99. The van der Waals surface area contributed by atoms with E-state index in [1.807, 2.05) is 24.3 Å². The molecule has 1 aliphatic rings. The molecule has 1 N–H and O–H groups in total. The Morgan fingerprint density at radius 2 is 1.73 bits per heavy atom. The van der Waals surface area contributed by atoms with Gasteiger partial charge in [-0.1, -0.05) is 30.1 Å². The molecule has 0 aliphatic carbocycles. The molecule has 2 aromatic rings. The van der Waals surface area contributed by atoms with Gasteiger partial charge in [0.1, 0.15) is 6.04 Å². The molecule has 30 heavy (non-hydrogen) atoms. The van der Waals surface area contributed by atoms with Crippen molar-refractivity contribution in [2.24, 2.45) is 0 Å². The van der Waals surface area contributed by atoms with Gasteiger partial charge in [-0.3, -0.25) is 9.10 Å². The molecule has 1 heterocycles. The van der Waals surface area contributed by atoms with E-state index in [1.165, 1.54) is 31.0 Å². The van der Waals surface area contributed by atoms with E-state index in [0.717, 1.165) is 29.3 Å². The first-order chi connectivity index (χ1) is 14.2. The molecule has 2 aromatic carbocycles. The van der Waals surface area contributed by atoms with Crippen LogP contribution in [0.15, 0.2) is 42.5 Å². The van der Waals surface area contributed by atoms with Gasteiger partial charge >= 0.3 is 0 Å². The Labute approximate surface area is 187 Å².